The molecule has 0 fully saturated rings. The molecule has 0 aromatic carbocycles. The van der Waals surface area contributed by atoms with Crippen LogP contribution in [0, 0.1) is 0 Å². The van der Waals surface area contributed by atoms with E-state index < -0.39 is 25.2 Å². The highest BCUT2D eigenvalue weighted by molar-refractivity contribution is 8.13. The molecule has 1 N–H and O–H groups in total. The number of rotatable bonds is 4. The van der Waals surface area contributed by atoms with Crippen LogP contribution in [-0.2, 0) is 15.6 Å². The van der Waals surface area contributed by atoms with Crippen LogP contribution < -0.4 is 16.0 Å². The van der Waals surface area contributed by atoms with Gasteiger partial charge in [0, 0.05) is 28.6 Å². The standard InChI is InChI=1S/C11H10ClN3O5S/c1-20-10-7(3-2-4-13-10)5-15-6-8(21(12,18)19)9(16)14-11(15)17/h2-4,6H,5H2,1H3,(H,14,16,17). The average molecular weight is 332 g/mol. The van der Waals surface area contributed by atoms with Crippen LogP contribution in [0.2, 0.25) is 0 Å². The zero-order valence-corrected chi connectivity index (χ0v) is 12.3. The van der Waals surface area contributed by atoms with Gasteiger partial charge >= 0.3 is 5.69 Å². The molecule has 0 aliphatic rings. The minimum atomic E-state index is -4.26. The summed E-state index contributed by atoms with van der Waals surface area (Å²) in [5, 5.41) is 0. The Bertz CT molecular complexity index is 887. The van der Waals surface area contributed by atoms with E-state index in [9.17, 15) is 18.0 Å². The van der Waals surface area contributed by atoms with Gasteiger partial charge in [-0.25, -0.2) is 18.2 Å². The second kappa shape index (κ2) is 5.70. The molecular weight excluding hydrogens is 322 g/mol. The average Bonchev–Trinajstić information content (AvgIpc) is 2.41. The summed E-state index contributed by atoms with van der Waals surface area (Å²) in [6.45, 7) is -0.0357. The van der Waals surface area contributed by atoms with Crippen molar-refractivity contribution in [2.24, 2.45) is 0 Å². The Kier molecular flexibility index (Phi) is 4.14. The van der Waals surface area contributed by atoms with E-state index >= 15 is 0 Å². The lowest BCUT2D eigenvalue weighted by molar-refractivity contribution is 0.390. The van der Waals surface area contributed by atoms with Crippen molar-refractivity contribution in [3.05, 3.63) is 50.9 Å². The molecule has 2 aromatic heterocycles. The van der Waals surface area contributed by atoms with Gasteiger partial charge in [0.2, 0.25) is 5.88 Å². The molecule has 0 bridgehead atoms. The lowest BCUT2D eigenvalue weighted by atomic mass is 10.2. The molecule has 0 unspecified atom stereocenters. The third-order valence-electron chi connectivity index (χ3n) is 2.62. The Labute approximate surface area is 123 Å². The van der Waals surface area contributed by atoms with Crippen molar-refractivity contribution in [3.8, 4) is 5.88 Å². The fourth-order valence-electron chi connectivity index (χ4n) is 1.69. The van der Waals surface area contributed by atoms with Gasteiger partial charge < -0.3 is 4.74 Å². The number of aromatic nitrogens is 3. The number of hydrogen-bond donors (Lipinski definition) is 1. The SMILES string of the molecule is COc1ncccc1Cn1cc(S(=O)(=O)Cl)c(=O)[nH]c1=O. The topological polar surface area (TPSA) is 111 Å². The van der Waals surface area contributed by atoms with E-state index in [1.807, 2.05) is 4.98 Å². The first kappa shape index (κ1) is 15.3. The molecule has 0 saturated carbocycles. The molecule has 10 heteroatoms. The van der Waals surface area contributed by atoms with E-state index in [2.05, 4.69) is 4.98 Å². The number of halogens is 1. The Hall–Kier alpha value is -2.13. The van der Waals surface area contributed by atoms with E-state index in [1.54, 1.807) is 12.1 Å². The van der Waals surface area contributed by atoms with Crippen molar-refractivity contribution in [1.29, 1.82) is 0 Å². The van der Waals surface area contributed by atoms with E-state index in [1.165, 1.54) is 13.3 Å². The third-order valence-corrected chi connectivity index (χ3v) is 3.94. The molecule has 2 aromatic rings. The lowest BCUT2D eigenvalue weighted by Gasteiger charge is -2.09. The van der Waals surface area contributed by atoms with E-state index in [-0.39, 0.29) is 12.4 Å². The number of nitrogens with zero attached hydrogens (tertiary/aromatic N) is 2. The van der Waals surface area contributed by atoms with Crippen molar-refractivity contribution >= 4 is 19.7 Å². The van der Waals surface area contributed by atoms with Gasteiger partial charge in [0.1, 0.15) is 0 Å². The minimum absolute atomic E-state index is 0.0357. The molecule has 0 aliphatic carbocycles. The van der Waals surface area contributed by atoms with Gasteiger partial charge in [-0.1, -0.05) is 6.07 Å². The summed E-state index contributed by atoms with van der Waals surface area (Å²) in [5.74, 6) is 0.283. The number of aromatic amines is 1. The molecule has 0 atom stereocenters. The van der Waals surface area contributed by atoms with Gasteiger partial charge in [0.25, 0.3) is 14.6 Å². The molecule has 2 rings (SSSR count). The van der Waals surface area contributed by atoms with E-state index in [0.29, 0.717) is 5.56 Å². The summed E-state index contributed by atoms with van der Waals surface area (Å²) < 4.78 is 28.6. The van der Waals surface area contributed by atoms with Crippen molar-refractivity contribution in [1.82, 2.24) is 14.5 Å². The molecule has 0 amide bonds. The second-order valence-electron chi connectivity index (χ2n) is 3.99. The highest BCUT2D eigenvalue weighted by atomic mass is 35.7. The van der Waals surface area contributed by atoms with Crippen molar-refractivity contribution in [2.45, 2.75) is 11.4 Å². The number of H-pyrrole nitrogens is 1. The van der Waals surface area contributed by atoms with Gasteiger partial charge in [-0.05, 0) is 6.07 Å². The lowest BCUT2D eigenvalue weighted by Crippen LogP contribution is -2.32. The van der Waals surface area contributed by atoms with Crippen LogP contribution in [0.5, 0.6) is 5.88 Å². The van der Waals surface area contributed by atoms with Crippen LogP contribution in [0.4, 0.5) is 0 Å². The Balaban J connectivity index is 2.55. The molecule has 0 saturated heterocycles. The smallest absolute Gasteiger partial charge is 0.328 e. The number of pyridine rings is 1. The molecule has 2 heterocycles. The summed E-state index contributed by atoms with van der Waals surface area (Å²) in [7, 11) is 2.30. The maximum absolute atomic E-state index is 11.7. The number of methoxy groups -OCH3 is 1. The predicted molar refractivity (Wildman–Crippen MR) is 74.3 cm³/mol. The predicted octanol–water partition coefficient (Wildman–Crippen LogP) is -0.0840. The van der Waals surface area contributed by atoms with Crippen LogP contribution in [-0.4, -0.2) is 30.1 Å². The molecular formula is C11H10ClN3O5S. The largest absolute Gasteiger partial charge is 0.481 e. The number of hydrogen-bond acceptors (Lipinski definition) is 6. The van der Waals surface area contributed by atoms with E-state index in [4.69, 9.17) is 15.4 Å². The minimum Gasteiger partial charge on any atom is -0.481 e. The molecule has 8 nitrogen and oxygen atoms in total. The van der Waals surface area contributed by atoms with Gasteiger partial charge in [0.15, 0.2) is 4.90 Å². The summed E-state index contributed by atoms with van der Waals surface area (Å²) in [6.07, 6.45) is 2.39. The first-order chi connectivity index (χ1) is 9.82. The van der Waals surface area contributed by atoms with Gasteiger partial charge in [-0.2, -0.15) is 0 Å². The Morgan fingerprint density at radius 1 is 1.43 bits per heavy atom. The third kappa shape index (κ3) is 3.31. The van der Waals surface area contributed by atoms with Gasteiger partial charge in [-0.3, -0.25) is 14.3 Å². The quantitative estimate of drug-likeness (QED) is 0.784. The summed E-state index contributed by atoms with van der Waals surface area (Å²) in [5.41, 5.74) is -1.30. The Morgan fingerprint density at radius 3 is 2.76 bits per heavy atom. The summed E-state index contributed by atoms with van der Waals surface area (Å²) >= 11 is 0. The second-order valence-corrected chi connectivity index (χ2v) is 6.52. The molecule has 0 radical (unpaired) electrons. The van der Waals surface area contributed by atoms with Crippen molar-refractivity contribution < 1.29 is 13.2 Å². The first-order valence-electron chi connectivity index (χ1n) is 5.59. The van der Waals surface area contributed by atoms with Crippen LogP contribution in [0.3, 0.4) is 0 Å². The first-order valence-corrected chi connectivity index (χ1v) is 7.90. The highest BCUT2D eigenvalue weighted by Gasteiger charge is 2.18. The normalized spacial score (nSPS) is 11.3. The van der Waals surface area contributed by atoms with Crippen LogP contribution in [0.1, 0.15) is 5.56 Å². The monoisotopic (exact) mass is 331 g/mol. The Morgan fingerprint density at radius 2 is 2.14 bits per heavy atom. The van der Waals surface area contributed by atoms with Gasteiger partial charge in [-0.15, -0.1) is 0 Å². The van der Waals surface area contributed by atoms with Crippen molar-refractivity contribution in [2.75, 3.05) is 7.11 Å². The number of ether oxygens (including phenoxy) is 1. The zero-order valence-electron chi connectivity index (χ0n) is 10.7. The maximum atomic E-state index is 11.7. The molecule has 21 heavy (non-hydrogen) atoms. The van der Waals surface area contributed by atoms with Crippen LogP contribution in [0.15, 0.2) is 39.0 Å². The van der Waals surface area contributed by atoms with E-state index in [0.717, 1.165) is 10.8 Å². The summed E-state index contributed by atoms with van der Waals surface area (Å²) in [6, 6.07) is 3.28. The van der Waals surface area contributed by atoms with Crippen molar-refractivity contribution in [3.63, 3.8) is 0 Å². The van der Waals surface area contributed by atoms with Crippen LogP contribution in [0.25, 0.3) is 0 Å². The van der Waals surface area contributed by atoms with Gasteiger partial charge in [0.05, 0.1) is 13.7 Å². The van der Waals surface area contributed by atoms with Crippen LogP contribution >= 0.6 is 10.7 Å². The molecule has 0 spiro atoms. The molecule has 112 valence electrons. The number of nitrogens with one attached hydrogen (secondary N) is 1. The fraction of sp³-hybridized carbons (Fsp3) is 0.182. The summed E-state index contributed by atoms with van der Waals surface area (Å²) in [4.78, 5) is 28.3. The maximum Gasteiger partial charge on any atom is 0.328 e. The highest BCUT2D eigenvalue weighted by Crippen LogP contribution is 2.15. The zero-order chi connectivity index (χ0) is 15.6. The molecule has 0 aliphatic heterocycles. The fourth-order valence-corrected chi connectivity index (χ4v) is 2.55.